The first-order chi connectivity index (χ1) is 8.04. The van der Waals surface area contributed by atoms with Crippen molar-refractivity contribution < 1.29 is 9.53 Å². The average molecular weight is 235 g/mol. The molecule has 1 N–H and O–H groups in total. The number of Topliss-reactive ketones (excluding diaryl/α,β-unsaturated/α-hetero) is 1. The molecule has 1 aromatic rings. The zero-order valence-electron chi connectivity index (χ0n) is 11.0. The van der Waals surface area contributed by atoms with Gasteiger partial charge in [0.15, 0.2) is 5.78 Å². The van der Waals surface area contributed by atoms with Crippen LogP contribution >= 0.6 is 0 Å². The summed E-state index contributed by atoms with van der Waals surface area (Å²) in [4.78, 5) is 11.8. The van der Waals surface area contributed by atoms with E-state index in [2.05, 4.69) is 5.32 Å². The predicted octanol–water partition coefficient (Wildman–Crippen LogP) is 2.57. The van der Waals surface area contributed by atoms with Crippen LogP contribution < -0.4 is 10.1 Å². The molecular formula is C14H21NO2. The Bertz CT molecular complexity index is 386. The summed E-state index contributed by atoms with van der Waals surface area (Å²) < 4.78 is 5.63. The molecule has 3 nitrogen and oxygen atoms in total. The van der Waals surface area contributed by atoms with Crippen LogP contribution in [0.15, 0.2) is 18.2 Å². The van der Waals surface area contributed by atoms with E-state index in [1.165, 1.54) is 0 Å². The van der Waals surface area contributed by atoms with E-state index >= 15 is 0 Å². The monoisotopic (exact) mass is 235 g/mol. The third kappa shape index (κ3) is 4.19. The summed E-state index contributed by atoms with van der Waals surface area (Å²) in [6, 6.07) is 5.58. The highest BCUT2D eigenvalue weighted by Crippen LogP contribution is 2.20. The number of hydrogen-bond acceptors (Lipinski definition) is 3. The highest BCUT2D eigenvalue weighted by Gasteiger charge is 2.08. The lowest BCUT2D eigenvalue weighted by atomic mass is 10.1. The Balaban J connectivity index is 2.77. The van der Waals surface area contributed by atoms with Crippen molar-refractivity contribution in [2.24, 2.45) is 0 Å². The molecule has 0 aliphatic carbocycles. The molecule has 0 aromatic heterocycles. The molecule has 0 bridgehead atoms. The van der Waals surface area contributed by atoms with Gasteiger partial charge in [-0.05, 0) is 51.1 Å². The Kier molecular flexibility index (Phi) is 5.16. The van der Waals surface area contributed by atoms with Crippen molar-refractivity contribution in [1.29, 1.82) is 0 Å². The maximum absolute atomic E-state index is 11.8. The summed E-state index contributed by atoms with van der Waals surface area (Å²) >= 11 is 0. The highest BCUT2D eigenvalue weighted by molar-refractivity contribution is 5.97. The highest BCUT2D eigenvalue weighted by atomic mass is 16.5. The standard InChI is InChI=1S/C14H21NO2/c1-5-15-9-13(16)12-6-7-14(11(4)8-12)17-10(2)3/h6-8,10,15H,5,9H2,1-4H3. The minimum Gasteiger partial charge on any atom is -0.491 e. The zero-order chi connectivity index (χ0) is 12.8. The molecule has 0 atom stereocenters. The van der Waals surface area contributed by atoms with Gasteiger partial charge in [-0.2, -0.15) is 0 Å². The van der Waals surface area contributed by atoms with Crippen LogP contribution in [0.1, 0.15) is 36.7 Å². The van der Waals surface area contributed by atoms with Gasteiger partial charge in [0.05, 0.1) is 12.6 Å². The first-order valence-electron chi connectivity index (χ1n) is 6.05. The van der Waals surface area contributed by atoms with E-state index in [4.69, 9.17) is 4.74 Å². The topological polar surface area (TPSA) is 38.3 Å². The summed E-state index contributed by atoms with van der Waals surface area (Å²) in [6.07, 6.45) is 0.150. The van der Waals surface area contributed by atoms with Crippen molar-refractivity contribution in [2.45, 2.75) is 33.8 Å². The predicted molar refractivity (Wildman–Crippen MR) is 69.8 cm³/mol. The smallest absolute Gasteiger partial charge is 0.176 e. The normalized spacial score (nSPS) is 10.6. The fraction of sp³-hybridized carbons (Fsp3) is 0.500. The summed E-state index contributed by atoms with van der Waals surface area (Å²) in [5.74, 6) is 0.964. The first-order valence-corrected chi connectivity index (χ1v) is 6.05. The van der Waals surface area contributed by atoms with Gasteiger partial charge >= 0.3 is 0 Å². The number of nitrogens with one attached hydrogen (secondary N) is 1. The third-order valence-corrected chi connectivity index (χ3v) is 2.40. The van der Waals surface area contributed by atoms with Gasteiger partial charge in [0.25, 0.3) is 0 Å². The summed E-state index contributed by atoms with van der Waals surface area (Å²) in [5.41, 5.74) is 1.74. The SMILES string of the molecule is CCNCC(=O)c1ccc(OC(C)C)c(C)c1. The molecule has 0 fully saturated rings. The van der Waals surface area contributed by atoms with E-state index < -0.39 is 0 Å². The first kappa shape index (κ1) is 13.7. The Labute approximate surface area is 103 Å². The quantitative estimate of drug-likeness (QED) is 0.770. The van der Waals surface area contributed by atoms with Crippen molar-refractivity contribution in [2.75, 3.05) is 13.1 Å². The van der Waals surface area contributed by atoms with Gasteiger partial charge in [-0.3, -0.25) is 4.79 Å². The molecule has 0 aliphatic rings. The van der Waals surface area contributed by atoms with Gasteiger partial charge < -0.3 is 10.1 Å². The minimum absolute atomic E-state index is 0.117. The van der Waals surface area contributed by atoms with E-state index in [9.17, 15) is 4.79 Å². The van der Waals surface area contributed by atoms with E-state index in [-0.39, 0.29) is 11.9 Å². The molecule has 0 saturated heterocycles. The van der Waals surface area contributed by atoms with Crippen LogP contribution in [0.2, 0.25) is 0 Å². The fourth-order valence-corrected chi connectivity index (χ4v) is 1.55. The van der Waals surface area contributed by atoms with Crippen LogP contribution in [0.3, 0.4) is 0 Å². The van der Waals surface area contributed by atoms with Crippen LogP contribution in [0.5, 0.6) is 5.75 Å². The van der Waals surface area contributed by atoms with Crippen LogP contribution in [-0.4, -0.2) is 25.0 Å². The second-order valence-electron chi connectivity index (χ2n) is 4.35. The largest absolute Gasteiger partial charge is 0.491 e. The fourth-order valence-electron chi connectivity index (χ4n) is 1.55. The minimum atomic E-state index is 0.117. The molecule has 0 saturated carbocycles. The van der Waals surface area contributed by atoms with Gasteiger partial charge in [-0.1, -0.05) is 6.92 Å². The molecule has 0 heterocycles. The van der Waals surface area contributed by atoms with Crippen molar-refractivity contribution in [3.63, 3.8) is 0 Å². The number of carbonyl (C=O) groups excluding carboxylic acids is 1. The van der Waals surface area contributed by atoms with Crippen molar-refractivity contribution in [3.05, 3.63) is 29.3 Å². The summed E-state index contributed by atoms with van der Waals surface area (Å²) in [5, 5.41) is 3.03. The molecule has 0 amide bonds. The van der Waals surface area contributed by atoms with Crippen molar-refractivity contribution >= 4 is 5.78 Å². The summed E-state index contributed by atoms with van der Waals surface area (Å²) in [7, 11) is 0. The second kappa shape index (κ2) is 6.40. The third-order valence-electron chi connectivity index (χ3n) is 2.40. The number of benzene rings is 1. The molecule has 17 heavy (non-hydrogen) atoms. The lowest BCUT2D eigenvalue weighted by Gasteiger charge is -2.13. The van der Waals surface area contributed by atoms with Crippen LogP contribution in [-0.2, 0) is 0 Å². The Hall–Kier alpha value is -1.35. The Morgan fingerprint density at radius 2 is 2.12 bits per heavy atom. The maximum Gasteiger partial charge on any atom is 0.176 e. The number of likely N-dealkylation sites (N-methyl/N-ethyl adjacent to an activating group) is 1. The van der Waals surface area contributed by atoms with E-state index in [1.54, 1.807) is 0 Å². The number of hydrogen-bond donors (Lipinski definition) is 1. The summed E-state index contributed by atoms with van der Waals surface area (Å²) in [6.45, 7) is 9.12. The molecule has 0 radical (unpaired) electrons. The van der Waals surface area contributed by atoms with Gasteiger partial charge in [-0.25, -0.2) is 0 Å². The van der Waals surface area contributed by atoms with Gasteiger partial charge in [0.1, 0.15) is 5.75 Å². The molecule has 1 rings (SSSR count). The van der Waals surface area contributed by atoms with Gasteiger partial charge in [0.2, 0.25) is 0 Å². The number of carbonyl (C=O) groups is 1. The molecular weight excluding hydrogens is 214 g/mol. The van der Waals surface area contributed by atoms with Crippen LogP contribution in [0.4, 0.5) is 0 Å². The molecule has 0 unspecified atom stereocenters. The maximum atomic E-state index is 11.8. The van der Waals surface area contributed by atoms with Gasteiger partial charge in [-0.15, -0.1) is 0 Å². The zero-order valence-corrected chi connectivity index (χ0v) is 11.0. The number of ketones is 1. The number of ether oxygens (including phenoxy) is 1. The van der Waals surface area contributed by atoms with E-state index in [1.807, 2.05) is 45.9 Å². The molecule has 1 aromatic carbocycles. The average Bonchev–Trinajstić information content (AvgIpc) is 2.28. The Morgan fingerprint density at radius 3 is 2.65 bits per heavy atom. The lowest BCUT2D eigenvalue weighted by molar-refractivity contribution is 0.0991. The number of aryl methyl sites for hydroxylation is 1. The van der Waals surface area contributed by atoms with Crippen molar-refractivity contribution in [3.8, 4) is 5.75 Å². The van der Waals surface area contributed by atoms with Crippen molar-refractivity contribution in [1.82, 2.24) is 5.32 Å². The molecule has 3 heteroatoms. The van der Waals surface area contributed by atoms with E-state index in [0.29, 0.717) is 6.54 Å². The lowest BCUT2D eigenvalue weighted by Crippen LogP contribution is -2.22. The molecule has 0 spiro atoms. The Morgan fingerprint density at radius 1 is 1.41 bits per heavy atom. The number of rotatable bonds is 6. The van der Waals surface area contributed by atoms with Crippen LogP contribution in [0.25, 0.3) is 0 Å². The molecule has 0 aliphatic heterocycles. The van der Waals surface area contributed by atoms with E-state index in [0.717, 1.165) is 23.4 Å². The van der Waals surface area contributed by atoms with Crippen LogP contribution in [0, 0.1) is 6.92 Å². The molecule has 94 valence electrons. The van der Waals surface area contributed by atoms with Gasteiger partial charge in [0, 0.05) is 5.56 Å². The second-order valence-corrected chi connectivity index (χ2v) is 4.35.